The average molecular weight is 332 g/mol. The third-order valence-corrected chi connectivity index (χ3v) is 4.61. The zero-order chi connectivity index (χ0) is 16.4. The van der Waals surface area contributed by atoms with Gasteiger partial charge in [-0.1, -0.05) is 6.58 Å². The van der Waals surface area contributed by atoms with Crippen molar-refractivity contribution in [3.63, 3.8) is 0 Å². The summed E-state index contributed by atoms with van der Waals surface area (Å²) >= 11 is 0. The van der Waals surface area contributed by atoms with Crippen LogP contribution in [0.1, 0.15) is 33.1 Å². The third-order valence-electron chi connectivity index (χ3n) is 4.19. The molecule has 5 atom stereocenters. The molecule has 2 saturated carbocycles. The van der Waals surface area contributed by atoms with Crippen LogP contribution in [0.15, 0.2) is 12.2 Å². The zero-order valence-corrected chi connectivity index (χ0v) is 13.4. The van der Waals surface area contributed by atoms with Crippen LogP contribution >= 0.6 is 0 Å². The van der Waals surface area contributed by atoms with E-state index in [0.717, 1.165) is 19.3 Å². The van der Waals surface area contributed by atoms with Gasteiger partial charge in [-0.2, -0.15) is 0 Å². The number of hydrogen-bond acceptors (Lipinski definition) is 7. The lowest BCUT2D eigenvalue weighted by Crippen LogP contribution is -2.41. The predicted octanol–water partition coefficient (Wildman–Crippen LogP) is 0.748. The summed E-state index contributed by atoms with van der Waals surface area (Å²) in [6, 6.07) is 0. The molecule has 8 heteroatoms. The van der Waals surface area contributed by atoms with Crippen LogP contribution in [0.4, 0.5) is 0 Å². The van der Waals surface area contributed by atoms with Crippen LogP contribution < -0.4 is 0 Å². The van der Waals surface area contributed by atoms with Crippen molar-refractivity contribution < 1.29 is 31.7 Å². The first-order valence-electron chi connectivity index (χ1n) is 7.17. The SMILES string of the molecule is C=C(C)C(=O)OC(C)C(=O)OC1C2CCC(C2)C1O[SH](=O)=O. The molecule has 5 unspecified atom stereocenters. The highest BCUT2D eigenvalue weighted by atomic mass is 32.2. The zero-order valence-electron chi connectivity index (χ0n) is 12.5. The molecule has 0 amide bonds. The normalized spacial score (nSPS) is 31.0. The minimum atomic E-state index is -3.00. The van der Waals surface area contributed by atoms with Gasteiger partial charge in [-0.05, 0) is 44.9 Å². The second kappa shape index (κ2) is 6.78. The lowest BCUT2D eigenvalue weighted by Gasteiger charge is -2.29. The van der Waals surface area contributed by atoms with Gasteiger partial charge in [-0.15, -0.1) is 0 Å². The molecule has 7 nitrogen and oxygen atoms in total. The van der Waals surface area contributed by atoms with E-state index in [-0.39, 0.29) is 17.4 Å². The van der Waals surface area contributed by atoms with Crippen molar-refractivity contribution in [1.29, 1.82) is 0 Å². The molecule has 22 heavy (non-hydrogen) atoms. The Labute approximate surface area is 130 Å². The predicted molar refractivity (Wildman–Crippen MR) is 76.3 cm³/mol. The van der Waals surface area contributed by atoms with Gasteiger partial charge in [0.2, 0.25) is 0 Å². The second-order valence-electron chi connectivity index (χ2n) is 5.86. The number of thiol groups is 1. The molecule has 2 aliphatic rings. The number of fused-ring (bicyclic) bond motifs is 2. The van der Waals surface area contributed by atoms with E-state index in [0.29, 0.717) is 0 Å². The van der Waals surface area contributed by atoms with Crippen molar-refractivity contribution in [1.82, 2.24) is 0 Å². The van der Waals surface area contributed by atoms with E-state index in [1.165, 1.54) is 13.8 Å². The molecule has 0 aromatic rings. The van der Waals surface area contributed by atoms with E-state index >= 15 is 0 Å². The van der Waals surface area contributed by atoms with Gasteiger partial charge in [0.15, 0.2) is 6.10 Å². The smallest absolute Gasteiger partial charge is 0.347 e. The molecule has 0 heterocycles. The number of carbonyl (C=O) groups is 2. The maximum Gasteiger partial charge on any atom is 0.347 e. The third kappa shape index (κ3) is 3.67. The first kappa shape index (κ1) is 17.0. The fourth-order valence-electron chi connectivity index (χ4n) is 3.13. The van der Waals surface area contributed by atoms with Crippen molar-refractivity contribution >= 4 is 22.9 Å². The van der Waals surface area contributed by atoms with Gasteiger partial charge in [0.05, 0.1) is 0 Å². The Kier molecular flexibility index (Phi) is 5.23. The molecule has 0 spiro atoms. The first-order chi connectivity index (χ1) is 10.3. The van der Waals surface area contributed by atoms with E-state index < -0.39 is 41.2 Å². The number of esters is 2. The Hall–Kier alpha value is -1.41. The van der Waals surface area contributed by atoms with Crippen LogP contribution in [-0.4, -0.2) is 38.7 Å². The molecule has 2 aliphatic carbocycles. The Bertz CT molecular complexity index is 545. The summed E-state index contributed by atoms with van der Waals surface area (Å²) in [5.41, 5.74) is 0.184. The topological polar surface area (TPSA) is 96.0 Å². The lowest BCUT2D eigenvalue weighted by molar-refractivity contribution is -0.174. The summed E-state index contributed by atoms with van der Waals surface area (Å²) in [7, 11) is -3.00. The number of rotatable bonds is 6. The molecule has 0 saturated heterocycles. The molecule has 0 aromatic carbocycles. The van der Waals surface area contributed by atoms with E-state index in [1.807, 2.05) is 0 Å². The van der Waals surface area contributed by atoms with Gasteiger partial charge in [0, 0.05) is 5.57 Å². The Morgan fingerprint density at radius 3 is 2.32 bits per heavy atom. The molecule has 124 valence electrons. The summed E-state index contributed by atoms with van der Waals surface area (Å²) in [6.45, 7) is 6.31. The van der Waals surface area contributed by atoms with Crippen molar-refractivity contribution in [2.24, 2.45) is 11.8 Å². The minimum absolute atomic E-state index is 0.0870. The number of carbonyl (C=O) groups excluding carboxylic acids is 2. The molecule has 2 fully saturated rings. The van der Waals surface area contributed by atoms with Gasteiger partial charge >= 0.3 is 11.9 Å². The Balaban J connectivity index is 1.97. The Morgan fingerprint density at radius 1 is 1.18 bits per heavy atom. The van der Waals surface area contributed by atoms with Gasteiger partial charge in [-0.25, -0.2) is 18.0 Å². The molecule has 0 aliphatic heterocycles. The molecular formula is C14H20O7S. The van der Waals surface area contributed by atoms with Crippen LogP contribution in [0.5, 0.6) is 0 Å². The van der Waals surface area contributed by atoms with Crippen molar-refractivity contribution in [3.05, 3.63) is 12.2 Å². The monoisotopic (exact) mass is 332 g/mol. The van der Waals surface area contributed by atoms with Crippen LogP contribution in [-0.2, 0) is 34.2 Å². The fraction of sp³-hybridized carbons (Fsp3) is 0.714. The highest BCUT2D eigenvalue weighted by Crippen LogP contribution is 2.47. The van der Waals surface area contributed by atoms with Crippen LogP contribution in [0.3, 0.4) is 0 Å². The number of hydrogen-bond donors (Lipinski definition) is 1. The van der Waals surface area contributed by atoms with Crippen LogP contribution in [0, 0.1) is 11.8 Å². The van der Waals surface area contributed by atoms with E-state index in [2.05, 4.69) is 6.58 Å². The van der Waals surface area contributed by atoms with Crippen molar-refractivity contribution in [2.75, 3.05) is 0 Å². The van der Waals surface area contributed by atoms with E-state index in [4.69, 9.17) is 13.7 Å². The minimum Gasteiger partial charge on any atom is -0.457 e. The molecule has 2 bridgehead atoms. The lowest BCUT2D eigenvalue weighted by atomic mass is 9.95. The maximum absolute atomic E-state index is 12.0. The average Bonchev–Trinajstić information content (AvgIpc) is 3.00. The standard InChI is InChI=1S/C14H20O7S/c1-7(2)13(15)19-8(3)14(16)20-11-9-4-5-10(6-9)12(11)21-22(17)18/h8-12,22H,1,4-6H2,2-3H3. The second-order valence-corrected chi connectivity index (χ2v) is 6.51. The molecule has 2 rings (SSSR count). The summed E-state index contributed by atoms with van der Waals surface area (Å²) in [4.78, 5) is 23.4. The molecular weight excluding hydrogens is 312 g/mol. The summed E-state index contributed by atoms with van der Waals surface area (Å²) in [5.74, 6) is -1.20. The summed E-state index contributed by atoms with van der Waals surface area (Å²) < 4.78 is 36.8. The molecule has 0 N–H and O–H groups in total. The van der Waals surface area contributed by atoms with Crippen molar-refractivity contribution in [2.45, 2.75) is 51.4 Å². The Morgan fingerprint density at radius 2 is 1.77 bits per heavy atom. The van der Waals surface area contributed by atoms with Crippen molar-refractivity contribution in [3.8, 4) is 0 Å². The van der Waals surface area contributed by atoms with Crippen LogP contribution in [0.25, 0.3) is 0 Å². The maximum atomic E-state index is 12.0. The highest BCUT2D eigenvalue weighted by molar-refractivity contribution is 7.67. The van der Waals surface area contributed by atoms with Gasteiger partial charge in [0.1, 0.15) is 12.2 Å². The van der Waals surface area contributed by atoms with E-state index in [1.54, 1.807) is 0 Å². The summed E-state index contributed by atoms with van der Waals surface area (Å²) in [6.07, 6.45) is 0.208. The molecule has 0 radical (unpaired) electrons. The summed E-state index contributed by atoms with van der Waals surface area (Å²) in [5, 5.41) is 0. The van der Waals surface area contributed by atoms with E-state index in [9.17, 15) is 18.0 Å². The van der Waals surface area contributed by atoms with Gasteiger partial charge in [-0.3, -0.25) is 4.18 Å². The largest absolute Gasteiger partial charge is 0.457 e. The molecule has 0 aromatic heterocycles. The van der Waals surface area contributed by atoms with Gasteiger partial charge in [0.25, 0.3) is 11.0 Å². The van der Waals surface area contributed by atoms with Gasteiger partial charge < -0.3 is 9.47 Å². The first-order valence-corrected chi connectivity index (χ1v) is 8.27. The number of ether oxygens (including phenoxy) is 2. The highest BCUT2D eigenvalue weighted by Gasteiger charge is 2.51. The van der Waals surface area contributed by atoms with Crippen LogP contribution in [0.2, 0.25) is 0 Å². The fourth-order valence-corrected chi connectivity index (χ4v) is 3.62. The quantitative estimate of drug-likeness (QED) is 0.435.